The lowest BCUT2D eigenvalue weighted by Gasteiger charge is -2.39. The molecule has 1 saturated heterocycles. The molecule has 1 aromatic rings. The number of carboxylic acids is 1. The first-order valence-electron chi connectivity index (χ1n) is 8.85. The van der Waals surface area contributed by atoms with Gasteiger partial charge in [-0.1, -0.05) is 43.2 Å². The second-order valence-corrected chi connectivity index (χ2v) is 7.15. The van der Waals surface area contributed by atoms with E-state index in [1.807, 2.05) is 35.2 Å². The van der Waals surface area contributed by atoms with Crippen molar-refractivity contribution in [2.75, 3.05) is 13.1 Å². The first kappa shape index (κ1) is 16.7. The van der Waals surface area contributed by atoms with Crippen molar-refractivity contribution in [3.05, 3.63) is 41.5 Å². The minimum Gasteiger partial charge on any atom is -0.478 e. The summed E-state index contributed by atoms with van der Waals surface area (Å²) in [4.78, 5) is 25.9. The van der Waals surface area contributed by atoms with E-state index >= 15 is 0 Å². The minimum absolute atomic E-state index is 0.0305. The van der Waals surface area contributed by atoms with Crippen LogP contribution in [0.5, 0.6) is 0 Å². The molecule has 4 heteroatoms. The Balaban J connectivity index is 1.62. The van der Waals surface area contributed by atoms with E-state index in [-0.39, 0.29) is 17.9 Å². The minimum atomic E-state index is -1.02. The molecule has 3 rings (SSSR count). The summed E-state index contributed by atoms with van der Waals surface area (Å²) in [6.07, 6.45) is 8.94. The summed E-state index contributed by atoms with van der Waals surface area (Å²) in [5.74, 6) is -1.08. The molecule has 0 aromatic heterocycles. The molecule has 0 bridgehead atoms. The molecule has 1 N–H and O–H groups in total. The zero-order valence-electron chi connectivity index (χ0n) is 14.0. The number of carbonyl (C=O) groups excluding carboxylic acids is 1. The van der Waals surface area contributed by atoms with Gasteiger partial charge in [0.15, 0.2) is 0 Å². The zero-order chi connectivity index (χ0) is 17.0. The third-order valence-corrected chi connectivity index (χ3v) is 5.60. The highest BCUT2D eigenvalue weighted by atomic mass is 16.4. The molecule has 2 aliphatic rings. The number of carbonyl (C=O) groups is 2. The Morgan fingerprint density at radius 1 is 1.04 bits per heavy atom. The number of hydrogen-bond acceptors (Lipinski definition) is 2. The van der Waals surface area contributed by atoms with Crippen LogP contribution in [0.1, 0.15) is 50.5 Å². The van der Waals surface area contributed by atoms with Crippen molar-refractivity contribution < 1.29 is 14.7 Å². The van der Waals surface area contributed by atoms with E-state index in [2.05, 4.69) is 0 Å². The van der Waals surface area contributed by atoms with Crippen molar-refractivity contribution in [3.8, 4) is 0 Å². The molecule has 24 heavy (non-hydrogen) atoms. The van der Waals surface area contributed by atoms with Gasteiger partial charge in [0, 0.05) is 18.7 Å². The Labute approximate surface area is 143 Å². The van der Waals surface area contributed by atoms with Crippen LogP contribution in [-0.2, 0) is 9.59 Å². The van der Waals surface area contributed by atoms with Crippen LogP contribution in [0.3, 0.4) is 0 Å². The van der Waals surface area contributed by atoms with Crippen LogP contribution in [0, 0.1) is 5.41 Å². The van der Waals surface area contributed by atoms with Gasteiger partial charge in [0.25, 0.3) is 0 Å². The van der Waals surface area contributed by atoms with Crippen LogP contribution >= 0.6 is 0 Å². The maximum absolute atomic E-state index is 12.5. The number of benzene rings is 1. The van der Waals surface area contributed by atoms with Crippen molar-refractivity contribution in [1.29, 1.82) is 0 Å². The largest absolute Gasteiger partial charge is 0.478 e. The number of hydrogen-bond donors (Lipinski definition) is 1. The molecule has 2 fully saturated rings. The quantitative estimate of drug-likeness (QED) is 0.857. The fourth-order valence-corrected chi connectivity index (χ4v) is 4.07. The van der Waals surface area contributed by atoms with E-state index in [4.69, 9.17) is 0 Å². The second-order valence-electron chi connectivity index (χ2n) is 7.15. The Morgan fingerprint density at radius 3 is 2.25 bits per heavy atom. The molecule has 1 spiro atoms. The van der Waals surface area contributed by atoms with E-state index in [1.165, 1.54) is 25.7 Å². The van der Waals surface area contributed by atoms with Crippen LogP contribution in [0.15, 0.2) is 35.9 Å². The second kappa shape index (κ2) is 7.20. The molecule has 1 saturated carbocycles. The van der Waals surface area contributed by atoms with Gasteiger partial charge in [-0.15, -0.1) is 0 Å². The summed E-state index contributed by atoms with van der Waals surface area (Å²) in [6, 6.07) is 9.30. The molecule has 0 radical (unpaired) electrons. The monoisotopic (exact) mass is 327 g/mol. The first-order valence-corrected chi connectivity index (χ1v) is 8.85. The van der Waals surface area contributed by atoms with Gasteiger partial charge in [-0.2, -0.15) is 0 Å². The number of piperidine rings is 1. The standard InChI is InChI=1S/C20H25NO3/c22-18(21-12-10-20(11-13-21)8-4-5-9-20)15-17(19(23)24)14-16-6-2-1-3-7-16/h1-3,6-7,14H,4-5,8-13,15H2,(H,23,24)/b17-14+. The lowest BCUT2D eigenvalue weighted by Crippen LogP contribution is -2.42. The van der Waals surface area contributed by atoms with Crippen molar-refractivity contribution in [3.63, 3.8) is 0 Å². The molecule has 0 unspecified atom stereocenters. The normalized spacial score (nSPS) is 20.3. The fraction of sp³-hybridized carbons (Fsp3) is 0.500. The number of nitrogens with zero attached hydrogens (tertiary/aromatic N) is 1. The maximum Gasteiger partial charge on any atom is 0.332 e. The van der Waals surface area contributed by atoms with Crippen molar-refractivity contribution >= 4 is 18.0 Å². The molecule has 1 amide bonds. The summed E-state index contributed by atoms with van der Waals surface area (Å²) in [7, 11) is 0. The Bertz CT molecular complexity index is 620. The topological polar surface area (TPSA) is 57.6 Å². The summed E-state index contributed by atoms with van der Waals surface area (Å²) in [5, 5.41) is 9.41. The van der Waals surface area contributed by atoms with Crippen molar-refractivity contribution in [2.24, 2.45) is 5.41 Å². The van der Waals surface area contributed by atoms with Gasteiger partial charge in [-0.05, 0) is 42.7 Å². The summed E-state index contributed by atoms with van der Waals surface area (Å²) in [5.41, 5.74) is 1.44. The lowest BCUT2D eigenvalue weighted by atomic mass is 9.77. The SMILES string of the molecule is O=C(O)/C(=C/c1ccccc1)CC(=O)N1CCC2(CCCC2)CC1. The number of aliphatic carboxylic acids is 1. The third kappa shape index (κ3) is 3.86. The summed E-state index contributed by atoms with van der Waals surface area (Å²) < 4.78 is 0. The molecule has 128 valence electrons. The Hall–Kier alpha value is -2.10. The van der Waals surface area contributed by atoms with Crippen LogP contribution in [0.4, 0.5) is 0 Å². The lowest BCUT2D eigenvalue weighted by molar-refractivity contribution is -0.137. The van der Waals surface area contributed by atoms with E-state index < -0.39 is 5.97 Å². The van der Waals surface area contributed by atoms with Gasteiger partial charge in [0.2, 0.25) is 5.91 Å². The van der Waals surface area contributed by atoms with Crippen LogP contribution < -0.4 is 0 Å². The molecule has 1 aliphatic heterocycles. The molecule has 4 nitrogen and oxygen atoms in total. The van der Waals surface area contributed by atoms with Gasteiger partial charge < -0.3 is 10.0 Å². The first-order chi connectivity index (χ1) is 11.6. The van der Waals surface area contributed by atoms with Crippen molar-refractivity contribution in [1.82, 2.24) is 4.90 Å². The van der Waals surface area contributed by atoms with E-state index in [9.17, 15) is 14.7 Å². The van der Waals surface area contributed by atoms with Crippen LogP contribution in [0.25, 0.3) is 6.08 Å². The molecular formula is C20H25NO3. The van der Waals surface area contributed by atoms with Crippen LogP contribution in [0.2, 0.25) is 0 Å². The number of likely N-dealkylation sites (tertiary alicyclic amines) is 1. The highest BCUT2D eigenvalue weighted by Crippen LogP contribution is 2.46. The van der Waals surface area contributed by atoms with Gasteiger partial charge in [-0.25, -0.2) is 4.79 Å². The van der Waals surface area contributed by atoms with Gasteiger partial charge in [0.05, 0.1) is 6.42 Å². The Morgan fingerprint density at radius 2 is 1.67 bits per heavy atom. The number of rotatable bonds is 4. The summed E-state index contributed by atoms with van der Waals surface area (Å²) in [6.45, 7) is 1.55. The molecule has 1 heterocycles. The predicted octanol–water partition coefficient (Wildman–Crippen LogP) is 3.73. The van der Waals surface area contributed by atoms with Crippen molar-refractivity contribution in [2.45, 2.75) is 44.9 Å². The highest BCUT2D eigenvalue weighted by molar-refractivity contribution is 5.98. The third-order valence-electron chi connectivity index (χ3n) is 5.60. The van der Waals surface area contributed by atoms with Gasteiger partial charge in [-0.3, -0.25) is 4.79 Å². The zero-order valence-corrected chi connectivity index (χ0v) is 14.0. The fourth-order valence-electron chi connectivity index (χ4n) is 4.07. The molecule has 0 atom stereocenters. The maximum atomic E-state index is 12.5. The average Bonchev–Trinajstić information content (AvgIpc) is 3.03. The average molecular weight is 327 g/mol. The summed E-state index contributed by atoms with van der Waals surface area (Å²) >= 11 is 0. The van der Waals surface area contributed by atoms with Gasteiger partial charge in [0.1, 0.15) is 0 Å². The number of carboxylic acid groups (broad SMARTS) is 1. The number of amides is 1. The molecular weight excluding hydrogens is 302 g/mol. The van der Waals surface area contributed by atoms with Crippen LogP contribution in [-0.4, -0.2) is 35.0 Å². The molecule has 1 aromatic carbocycles. The van der Waals surface area contributed by atoms with Gasteiger partial charge >= 0.3 is 5.97 Å². The smallest absolute Gasteiger partial charge is 0.332 e. The van der Waals surface area contributed by atoms with E-state index in [1.54, 1.807) is 6.08 Å². The Kier molecular flexibility index (Phi) is 5.03. The van der Waals surface area contributed by atoms with E-state index in [0.717, 1.165) is 31.5 Å². The highest BCUT2D eigenvalue weighted by Gasteiger charge is 2.38. The predicted molar refractivity (Wildman–Crippen MR) is 93.4 cm³/mol. The molecule has 1 aliphatic carbocycles. The van der Waals surface area contributed by atoms with E-state index in [0.29, 0.717) is 5.41 Å².